The van der Waals surface area contributed by atoms with Crippen LogP contribution in [0.25, 0.3) is 0 Å². The standard InChI is InChI=1S/C18H26N2O4/c1-11(2)10-15(21)20-16(14-8-6-5-7-9-14)17(22)19-13(4)12(3)18(23)24/h5-9,11-13,16H,10H2,1-4H3,(H,19,22)(H,20,21)(H,23,24). The first-order valence-electron chi connectivity index (χ1n) is 8.09. The zero-order valence-electron chi connectivity index (χ0n) is 14.6. The Morgan fingerprint density at radius 1 is 1.00 bits per heavy atom. The molecule has 0 heterocycles. The summed E-state index contributed by atoms with van der Waals surface area (Å²) >= 11 is 0. The summed E-state index contributed by atoms with van der Waals surface area (Å²) in [5.74, 6) is -2.16. The van der Waals surface area contributed by atoms with E-state index in [0.717, 1.165) is 0 Å². The summed E-state index contributed by atoms with van der Waals surface area (Å²) in [7, 11) is 0. The van der Waals surface area contributed by atoms with Gasteiger partial charge in [-0.25, -0.2) is 0 Å². The Bertz CT molecular complexity index is 572. The van der Waals surface area contributed by atoms with Crippen molar-refractivity contribution in [1.82, 2.24) is 10.6 Å². The van der Waals surface area contributed by atoms with Gasteiger partial charge in [0.15, 0.2) is 0 Å². The Hall–Kier alpha value is -2.37. The van der Waals surface area contributed by atoms with Gasteiger partial charge in [-0.1, -0.05) is 44.2 Å². The maximum Gasteiger partial charge on any atom is 0.308 e. The molecule has 132 valence electrons. The van der Waals surface area contributed by atoms with Crippen LogP contribution in [0, 0.1) is 11.8 Å². The van der Waals surface area contributed by atoms with E-state index in [4.69, 9.17) is 5.11 Å². The zero-order chi connectivity index (χ0) is 18.3. The second kappa shape index (κ2) is 9.05. The number of carbonyl (C=O) groups excluding carboxylic acids is 2. The SMILES string of the molecule is CC(C)CC(=O)NC(C(=O)NC(C)C(C)C(=O)O)c1ccccc1. The molecule has 3 N–H and O–H groups in total. The molecule has 0 saturated heterocycles. The Balaban J connectivity index is 2.90. The molecule has 0 spiro atoms. The lowest BCUT2D eigenvalue weighted by molar-refractivity contribution is -0.142. The topological polar surface area (TPSA) is 95.5 Å². The number of rotatable bonds is 8. The summed E-state index contributed by atoms with van der Waals surface area (Å²) in [6.45, 7) is 7.01. The van der Waals surface area contributed by atoms with E-state index in [1.165, 1.54) is 6.92 Å². The van der Waals surface area contributed by atoms with Crippen molar-refractivity contribution in [2.75, 3.05) is 0 Å². The average Bonchev–Trinajstić information content (AvgIpc) is 2.51. The zero-order valence-corrected chi connectivity index (χ0v) is 14.6. The Morgan fingerprint density at radius 2 is 1.58 bits per heavy atom. The predicted octanol–water partition coefficient (Wildman–Crippen LogP) is 2.12. The minimum absolute atomic E-state index is 0.176. The van der Waals surface area contributed by atoms with Gasteiger partial charge in [0.05, 0.1) is 5.92 Å². The molecule has 6 nitrogen and oxygen atoms in total. The van der Waals surface area contributed by atoms with Crippen LogP contribution < -0.4 is 10.6 Å². The first-order chi connectivity index (χ1) is 11.2. The maximum absolute atomic E-state index is 12.6. The van der Waals surface area contributed by atoms with Crippen molar-refractivity contribution in [3.05, 3.63) is 35.9 Å². The number of carboxylic acids is 1. The molecule has 0 aliphatic rings. The van der Waals surface area contributed by atoms with Gasteiger partial charge in [-0.15, -0.1) is 0 Å². The van der Waals surface area contributed by atoms with Crippen molar-refractivity contribution in [1.29, 1.82) is 0 Å². The second-order valence-corrected chi connectivity index (χ2v) is 6.43. The van der Waals surface area contributed by atoms with Gasteiger partial charge in [-0.3, -0.25) is 14.4 Å². The Kier molecular flexibility index (Phi) is 7.42. The van der Waals surface area contributed by atoms with Gasteiger partial charge < -0.3 is 15.7 Å². The van der Waals surface area contributed by atoms with Gasteiger partial charge >= 0.3 is 5.97 Å². The summed E-state index contributed by atoms with van der Waals surface area (Å²) in [5, 5.41) is 14.5. The number of carboxylic acid groups (broad SMARTS) is 1. The first kappa shape index (κ1) is 19.7. The van der Waals surface area contributed by atoms with Crippen molar-refractivity contribution in [2.45, 2.75) is 46.2 Å². The van der Waals surface area contributed by atoms with Gasteiger partial charge in [0, 0.05) is 12.5 Å². The molecule has 0 fully saturated rings. The highest BCUT2D eigenvalue weighted by molar-refractivity contribution is 5.89. The van der Waals surface area contributed by atoms with E-state index in [1.807, 2.05) is 19.9 Å². The van der Waals surface area contributed by atoms with Crippen LogP contribution in [0.4, 0.5) is 0 Å². The molecule has 1 aromatic carbocycles. The lowest BCUT2D eigenvalue weighted by Crippen LogP contribution is -2.46. The van der Waals surface area contributed by atoms with Crippen molar-refractivity contribution >= 4 is 17.8 Å². The van der Waals surface area contributed by atoms with Gasteiger partial charge in [0.2, 0.25) is 11.8 Å². The van der Waals surface area contributed by atoms with E-state index in [2.05, 4.69) is 10.6 Å². The Labute approximate surface area is 142 Å². The lowest BCUT2D eigenvalue weighted by Gasteiger charge is -2.23. The minimum atomic E-state index is -0.983. The summed E-state index contributed by atoms with van der Waals surface area (Å²) in [6, 6.07) is 7.50. The molecule has 0 saturated carbocycles. The van der Waals surface area contributed by atoms with Crippen LogP contribution in [0.3, 0.4) is 0 Å². The van der Waals surface area contributed by atoms with Crippen LogP contribution in [0.15, 0.2) is 30.3 Å². The lowest BCUT2D eigenvalue weighted by atomic mass is 10.0. The number of aliphatic carboxylic acids is 1. The number of nitrogens with one attached hydrogen (secondary N) is 2. The third kappa shape index (κ3) is 6.02. The van der Waals surface area contributed by atoms with Crippen LogP contribution in [-0.4, -0.2) is 28.9 Å². The van der Waals surface area contributed by atoms with Crippen molar-refractivity contribution in [2.24, 2.45) is 11.8 Å². The number of amides is 2. The van der Waals surface area contributed by atoms with Crippen LogP contribution in [0.2, 0.25) is 0 Å². The van der Waals surface area contributed by atoms with Crippen LogP contribution in [0.5, 0.6) is 0 Å². The minimum Gasteiger partial charge on any atom is -0.481 e. The third-order valence-electron chi connectivity index (χ3n) is 3.80. The molecular weight excluding hydrogens is 308 g/mol. The molecule has 24 heavy (non-hydrogen) atoms. The molecule has 6 heteroatoms. The number of carbonyl (C=O) groups is 3. The molecule has 0 aromatic heterocycles. The van der Waals surface area contributed by atoms with E-state index >= 15 is 0 Å². The van der Waals surface area contributed by atoms with E-state index in [9.17, 15) is 14.4 Å². The fourth-order valence-corrected chi connectivity index (χ4v) is 2.18. The summed E-state index contributed by atoms with van der Waals surface area (Å²) in [6.07, 6.45) is 0.317. The Morgan fingerprint density at radius 3 is 2.08 bits per heavy atom. The van der Waals surface area contributed by atoms with Gasteiger partial charge in [0.1, 0.15) is 6.04 Å². The van der Waals surface area contributed by atoms with E-state index < -0.39 is 29.9 Å². The van der Waals surface area contributed by atoms with E-state index in [1.54, 1.807) is 31.2 Å². The highest BCUT2D eigenvalue weighted by Gasteiger charge is 2.27. The molecule has 1 rings (SSSR count). The summed E-state index contributed by atoms with van der Waals surface area (Å²) < 4.78 is 0. The summed E-state index contributed by atoms with van der Waals surface area (Å²) in [4.78, 5) is 35.7. The van der Waals surface area contributed by atoms with E-state index in [0.29, 0.717) is 12.0 Å². The molecule has 3 unspecified atom stereocenters. The van der Waals surface area contributed by atoms with Gasteiger partial charge in [-0.2, -0.15) is 0 Å². The first-order valence-corrected chi connectivity index (χ1v) is 8.09. The highest BCUT2D eigenvalue weighted by atomic mass is 16.4. The fourth-order valence-electron chi connectivity index (χ4n) is 2.18. The molecule has 0 aliphatic carbocycles. The highest BCUT2D eigenvalue weighted by Crippen LogP contribution is 2.15. The number of benzene rings is 1. The smallest absolute Gasteiger partial charge is 0.308 e. The summed E-state index contributed by atoms with van der Waals surface area (Å²) in [5.41, 5.74) is 0.655. The molecule has 1 aromatic rings. The average molecular weight is 334 g/mol. The fraction of sp³-hybridized carbons (Fsp3) is 0.500. The van der Waals surface area contributed by atoms with Crippen LogP contribution in [0.1, 0.15) is 45.7 Å². The van der Waals surface area contributed by atoms with Crippen LogP contribution >= 0.6 is 0 Å². The predicted molar refractivity (Wildman–Crippen MR) is 91.2 cm³/mol. The van der Waals surface area contributed by atoms with Crippen molar-refractivity contribution in [3.63, 3.8) is 0 Å². The number of hydrogen-bond donors (Lipinski definition) is 3. The molecular formula is C18H26N2O4. The normalized spacial score (nSPS) is 14.5. The van der Waals surface area contributed by atoms with Gasteiger partial charge in [0.25, 0.3) is 0 Å². The second-order valence-electron chi connectivity index (χ2n) is 6.43. The molecule has 0 radical (unpaired) electrons. The maximum atomic E-state index is 12.6. The van der Waals surface area contributed by atoms with Gasteiger partial charge in [-0.05, 0) is 25.3 Å². The van der Waals surface area contributed by atoms with Crippen molar-refractivity contribution in [3.8, 4) is 0 Å². The molecule has 2 amide bonds. The third-order valence-corrected chi connectivity index (χ3v) is 3.80. The quantitative estimate of drug-likeness (QED) is 0.678. The van der Waals surface area contributed by atoms with Crippen molar-refractivity contribution < 1.29 is 19.5 Å². The largest absolute Gasteiger partial charge is 0.481 e. The molecule has 3 atom stereocenters. The molecule has 0 bridgehead atoms. The van der Waals surface area contributed by atoms with E-state index in [-0.39, 0.29) is 11.8 Å². The number of hydrogen-bond acceptors (Lipinski definition) is 3. The monoisotopic (exact) mass is 334 g/mol. The molecule has 0 aliphatic heterocycles. The van der Waals surface area contributed by atoms with Crippen LogP contribution in [-0.2, 0) is 14.4 Å².